The van der Waals surface area contributed by atoms with Gasteiger partial charge in [-0.25, -0.2) is 4.98 Å². The van der Waals surface area contributed by atoms with Crippen LogP contribution in [0.4, 0.5) is 13.2 Å². The highest BCUT2D eigenvalue weighted by Crippen LogP contribution is 2.28. The van der Waals surface area contributed by atoms with Crippen LogP contribution in [0, 0.1) is 3.57 Å². The van der Waals surface area contributed by atoms with Crippen LogP contribution in [0.1, 0.15) is 11.1 Å². The molecule has 3 N–H and O–H groups in total. The van der Waals surface area contributed by atoms with E-state index in [1.165, 1.54) is 6.20 Å². The number of aliphatic hydroxyl groups excluding tert-OH is 1. The second kappa shape index (κ2) is 5.15. The quantitative estimate of drug-likeness (QED) is 0.814. The van der Waals surface area contributed by atoms with Crippen molar-refractivity contribution in [2.45, 2.75) is 19.5 Å². The van der Waals surface area contributed by atoms with Crippen molar-refractivity contribution < 1.29 is 23.0 Å². The molecule has 1 aromatic heterocycles. The van der Waals surface area contributed by atoms with Crippen molar-refractivity contribution in [2.24, 2.45) is 5.73 Å². The average Bonchev–Trinajstić information content (AvgIpc) is 2.18. The van der Waals surface area contributed by atoms with Crippen LogP contribution in [0.25, 0.3) is 0 Å². The van der Waals surface area contributed by atoms with Gasteiger partial charge in [-0.2, -0.15) is 0 Å². The predicted molar refractivity (Wildman–Crippen MR) is 57.5 cm³/mol. The van der Waals surface area contributed by atoms with Crippen molar-refractivity contribution in [3.8, 4) is 5.88 Å². The first kappa shape index (κ1) is 13.5. The lowest BCUT2D eigenvalue weighted by atomic mass is 10.1. The molecule has 1 heterocycles. The topological polar surface area (TPSA) is 68.4 Å². The van der Waals surface area contributed by atoms with Crippen molar-refractivity contribution in [1.82, 2.24) is 4.98 Å². The highest BCUT2D eigenvalue weighted by atomic mass is 127. The van der Waals surface area contributed by atoms with E-state index in [1.54, 1.807) is 0 Å². The standard InChI is InChI=1S/C8H8F3IN2O2/c9-8(10,11)16-7-5(3-15)4(1-13)6(12)2-14-7/h2,15H,1,3,13H2. The third kappa shape index (κ3) is 3.19. The molecule has 0 unspecified atom stereocenters. The van der Waals surface area contributed by atoms with Crippen LogP contribution in [0.5, 0.6) is 5.88 Å². The van der Waals surface area contributed by atoms with Crippen LogP contribution >= 0.6 is 22.6 Å². The summed E-state index contributed by atoms with van der Waals surface area (Å²) in [5, 5.41) is 9.01. The molecule has 0 aliphatic rings. The van der Waals surface area contributed by atoms with Crippen LogP contribution in [-0.2, 0) is 13.2 Å². The maximum Gasteiger partial charge on any atom is 0.574 e. The zero-order valence-electron chi connectivity index (χ0n) is 7.88. The Morgan fingerprint density at radius 3 is 2.50 bits per heavy atom. The van der Waals surface area contributed by atoms with E-state index in [0.29, 0.717) is 9.13 Å². The summed E-state index contributed by atoms with van der Waals surface area (Å²) in [6, 6.07) is 0. The number of alkyl halides is 3. The molecule has 0 bridgehead atoms. The largest absolute Gasteiger partial charge is 0.574 e. The number of aromatic nitrogens is 1. The Morgan fingerprint density at radius 1 is 1.44 bits per heavy atom. The van der Waals surface area contributed by atoms with Crippen LogP contribution < -0.4 is 10.5 Å². The lowest BCUT2D eigenvalue weighted by Crippen LogP contribution is -2.20. The molecule has 1 aromatic rings. The molecule has 0 spiro atoms. The van der Waals surface area contributed by atoms with E-state index in [4.69, 9.17) is 10.8 Å². The average molecular weight is 348 g/mol. The normalized spacial score (nSPS) is 11.6. The number of ether oxygens (including phenoxy) is 1. The van der Waals surface area contributed by atoms with Gasteiger partial charge < -0.3 is 15.6 Å². The van der Waals surface area contributed by atoms with E-state index in [1.807, 2.05) is 22.6 Å². The first-order valence-electron chi connectivity index (χ1n) is 4.12. The number of aliphatic hydroxyl groups is 1. The Morgan fingerprint density at radius 2 is 2.06 bits per heavy atom. The number of rotatable bonds is 3. The minimum atomic E-state index is -4.84. The van der Waals surface area contributed by atoms with Gasteiger partial charge in [0.15, 0.2) is 0 Å². The van der Waals surface area contributed by atoms with Crippen LogP contribution in [-0.4, -0.2) is 16.5 Å². The van der Waals surface area contributed by atoms with E-state index in [0.717, 1.165) is 0 Å². The Labute approximate surface area is 103 Å². The first-order chi connectivity index (χ1) is 7.39. The Kier molecular flexibility index (Phi) is 4.33. The Hall–Kier alpha value is -0.610. The zero-order chi connectivity index (χ0) is 12.3. The fourth-order valence-electron chi connectivity index (χ4n) is 1.13. The van der Waals surface area contributed by atoms with Gasteiger partial charge in [-0.1, -0.05) is 0 Å². The molecular formula is C8H8F3IN2O2. The maximum atomic E-state index is 12.0. The number of hydrogen-bond donors (Lipinski definition) is 2. The van der Waals surface area contributed by atoms with Crippen molar-refractivity contribution in [3.05, 3.63) is 20.9 Å². The number of hydrogen-bond acceptors (Lipinski definition) is 4. The van der Waals surface area contributed by atoms with E-state index in [9.17, 15) is 13.2 Å². The van der Waals surface area contributed by atoms with Gasteiger partial charge in [-0.3, -0.25) is 0 Å². The summed E-state index contributed by atoms with van der Waals surface area (Å²) in [5.41, 5.74) is 5.74. The molecule has 0 radical (unpaired) electrons. The van der Waals surface area contributed by atoms with E-state index < -0.39 is 18.8 Å². The van der Waals surface area contributed by atoms with E-state index in [-0.39, 0.29) is 12.1 Å². The molecule has 0 atom stereocenters. The van der Waals surface area contributed by atoms with Gasteiger partial charge in [0, 0.05) is 21.9 Å². The molecular weight excluding hydrogens is 340 g/mol. The number of nitrogens with two attached hydrogens (primary N) is 1. The SMILES string of the molecule is NCc1c(I)cnc(OC(F)(F)F)c1CO. The van der Waals surface area contributed by atoms with Gasteiger partial charge in [0.25, 0.3) is 0 Å². The number of nitrogens with zero attached hydrogens (tertiary/aromatic N) is 1. The second-order valence-electron chi connectivity index (χ2n) is 2.78. The molecule has 0 amide bonds. The summed E-state index contributed by atoms with van der Waals surface area (Å²) in [6.45, 7) is -0.604. The smallest absolute Gasteiger partial charge is 0.391 e. The molecule has 0 aliphatic heterocycles. The molecule has 1 rings (SSSR count). The van der Waals surface area contributed by atoms with Gasteiger partial charge in [0.2, 0.25) is 5.88 Å². The third-order valence-electron chi connectivity index (χ3n) is 1.78. The fourth-order valence-corrected chi connectivity index (χ4v) is 1.81. The third-order valence-corrected chi connectivity index (χ3v) is 2.71. The summed E-state index contributed by atoms with van der Waals surface area (Å²) in [4.78, 5) is 3.48. The minimum Gasteiger partial charge on any atom is -0.391 e. The molecule has 16 heavy (non-hydrogen) atoms. The molecule has 0 saturated heterocycles. The second-order valence-corrected chi connectivity index (χ2v) is 3.94. The van der Waals surface area contributed by atoms with Crippen molar-refractivity contribution in [3.63, 3.8) is 0 Å². The fraction of sp³-hybridized carbons (Fsp3) is 0.375. The molecule has 4 nitrogen and oxygen atoms in total. The Bertz CT molecular complexity index is 384. The van der Waals surface area contributed by atoms with Gasteiger partial charge in [-0.15, -0.1) is 13.2 Å². The lowest BCUT2D eigenvalue weighted by Gasteiger charge is -2.14. The first-order valence-corrected chi connectivity index (χ1v) is 5.19. The summed E-state index contributed by atoms with van der Waals surface area (Å²) in [7, 11) is 0. The lowest BCUT2D eigenvalue weighted by molar-refractivity contribution is -0.276. The predicted octanol–water partition coefficient (Wildman–Crippen LogP) is 1.54. The van der Waals surface area contributed by atoms with Crippen molar-refractivity contribution in [2.75, 3.05) is 0 Å². The van der Waals surface area contributed by atoms with Gasteiger partial charge in [0.1, 0.15) is 0 Å². The molecule has 0 fully saturated rings. The highest BCUT2D eigenvalue weighted by Gasteiger charge is 2.33. The Balaban J connectivity index is 3.19. The van der Waals surface area contributed by atoms with Crippen LogP contribution in [0.3, 0.4) is 0 Å². The van der Waals surface area contributed by atoms with E-state index in [2.05, 4.69) is 9.72 Å². The van der Waals surface area contributed by atoms with Crippen LogP contribution in [0.15, 0.2) is 6.20 Å². The monoisotopic (exact) mass is 348 g/mol. The maximum absolute atomic E-state index is 12.0. The summed E-state index contributed by atoms with van der Waals surface area (Å²) < 4.78 is 40.3. The van der Waals surface area contributed by atoms with Gasteiger partial charge in [-0.05, 0) is 28.2 Å². The summed E-state index contributed by atoms with van der Waals surface area (Å²) >= 11 is 1.87. The number of pyridine rings is 1. The zero-order valence-corrected chi connectivity index (χ0v) is 10.0. The van der Waals surface area contributed by atoms with Gasteiger partial charge in [0.05, 0.1) is 6.61 Å². The van der Waals surface area contributed by atoms with Gasteiger partial charge >= 0.3 is 6.36 Å². The molecule has 8 heteroatoms. The van der Waals surface area contributed by atoms with Crippen molar-refractivity contribution in [1.29, 1.82) is 0 Å². The molecule has 0 aromatic carbocycles. The van der Waals surface area contributed by atoms with E-state index >= 15 is 0 Å². The minimum absolute atomic E-state index is 0.00486. The highest BCUT2D eigenvalue weighted by molar-refractivity contribution is 14.1. The summed E-state index contributed by atoms with van der Waals surface area (Å²) in [5.74, 6) is -0.657. The van der Waals surface area contributed by atoms with Crippen LogP contribution in [0.2, 0.25) is 0 Å². The molecule has 0 saturated carbocycles. The van der Waals surface area contributed by atoms with Crippen molar-refractivity contribution >= 4 is 22.6 Å². The molecule has 90 valence electrons. The molecule has 0 aliphatic carbocycles. The summed E-state index contributed by atoms with van der Waals surface area (Å²) in [6.07, 6.45) is -3.63. The number of halogens is 4.